The molecule has 0 aliphatic carbocycles. The minimum absolute atomic E-state index is 0.0108. The third-order valence-corrected chi connectivity index (χ3v) is 7.95. The first-order valence-corrected chi connectivity index (χ1v) is 11.0. The molecule has 178 valence electrons. The third kappa shape index (κ3) is 4.08. The molecule has 2 aromatic rings. The van der Waals surface area contributed by atoms with Crippen LogP contribution in [0.15, 0.2) is 22.8 Å². The van der Waals surface area contributed by atoms with Gasteiger partial charge in [0.25, 0.3) is 15.6 Å². The summed E-state index contributed by atoms with van der Waals surface area (Å²) >= 11 is 0.786. The SMILES string of the molecule is C[C@H]1CN(S(=O)(=O)c2cnc(N)s2)CCN1c1ncc(C(O)(C(F)(F)F)C(F)(F)F)cn1. The van der Waals surface area contributed by atoms with Crippen molar-refractivity contribution >= 4 is 32.4 Å². The summed E-state index contributed by atoms with van der Waals surface area (Å²) in [6.45, 7) is 1.49. The molecule has 3 N–H and O–H groups in total. The van der Waals surface area contributed by atoms with Crippen LogP contribution in [0.3, 0.4) is 0 Å². The fourth-order valence-electron chi connectivity index (χ4n) is 3.10. The van der Waals surface area contributed by atoms with Gasteiger partial charge in [0.1, 0.15) is 0 Å². The molecule has 0 radical (unpaired) electrons. The summed E-state index contributed by atoms with van der Waals surface area (Å²) in [5.74, 6) is -0.216. The highest BCUT2D eigenvalue weighted by molar-refractivity contribution is 7.91. The number of piperazine rings is 1. The van der Waals surface area contributed by atoms with Gasteiger partial charge in [-0.2, -0.15) is 30.6 Å². The van der Waals surface area contributed by atoms with Gasteiger partial charge in [-0.15, -0.1) is 0 Å². The maximum Gasteiger partial charge on any atom is 0.430 e. The van der Waals surface area contributed by atoms with Gasteiger partial charge in [-0.05, 0) is 6.92 Å². The van der Waals surface area contributed by atoms with E-state index in [-0.39, 0.29) is 47.3 Å². The van der Waals surface area contributed by atoms with Gasteiger partial charge in [0, 0.05) is 43.6 Å². The molecule has 32 heavy (non-hydrogen) atoms. The molecule has 2 aromatic heterocycles. The fourth-order valence-corrected chi connectivity index (χ4v) is 5.69. The summed E-state index contributed by atoms with van der Waals surface area (Å²) < 4.78 is 104. The second kappa shape index (κ2) is 7.96. The van der Waals surface area contributed by atoms with Gasteiger partial charge < -0.3 is 15.7 Å². The van der Waals surface area contributed by atoms with E-state index in [4.69, 9.17) is 5.73 Å². The number of nitrogens with zero attached hydrogens (tertiary/aromatic N) is 5. The van der Waals surface area contributed by atoms with Gasteiger partial charge in [-0.3, -0.25) is 0 Å². The van der Waals surface area contributed by atoms with Crippen LogP contribution in [0.5, 0.6) is 0 Å². The molecule has 17 heteroatoms. The molecular formula is C15H16F6N6O3S2. The molecule has 1 saturated heterocycles. The molecule has 1 atom stereocenters. The number of rotatable bonds is 4. The number of nitrogens with two attached hydrogens (primary N) is 1. The van der Waals surface area contributed by atoms with Crippen molar-refractivity contribution in [3.8, 4) is 0 Å². The van der Waals surface area contributed by atoms with E-state index in [2.05, 4.69) is 15.0 Å². The smallest absolute Gasteiger partial charge is 0.375 e. The lowest BCUT2D eigenvalue weighted by Crippen LogP contribution is -2.55. The molecule has 3 rings (SSSR count). The van der Waals surface area contributed by atoms with Crippen LogP contribution in [-0.2, 0) is 15.6 Å². The van der Waals surface area contributed by atoms with E-state index in [1.165, 1.54) is 4.90 Å². The molecule has 3 heterocycles. The summed E-state index contributed by atoms with van der Waals surface area (Å²) in [6, 6.07) is -0.571. The van der Waals surface area contributed by atoms with E-state index in [1.807, 2.05) is 0 Å². The number of nitrogen functional groups attached to an aromatic ring is 1. The summed E-state index contributed by atoms with van der Waals surface area (Å²) in [5.41, 5.74) is -1.25. The minimum atomic E-state index is -6.05. The van der Waals surface area contributed by atoms with Crippen molar-refractivity contribution < 1.29 is 39.9 Å². The predicted molar refractivity (Wildman–Crippen MR) is 100 cm³/mol. The quantitative estimate of drug-likeness (QED) is 0.601. The van der Waals surface area contributed by atoms with Crippen LogP contribution in [0.25, 0.3) is 0 Å². The Balaban J connectivity index is 1.81. The Morgan fingerprint density at radius 3 is 2.06 bits per heavy atom. The summed E-state index contributed by atoms with van der Waals surface area (Å²) in [6.07, 6.45) is -10.5. The number of hydrogen-bond donors (Lipinski definition) is 2. The lowest BCUT2D eigenvalue weighted by Gasteiger charge is -2.39. The first-order valence-electron chi connectivity index (χ1n) is 8.75. The normalized spacial score (nSPS) is 19.4. The zero-order valence-electron chi connectivity index (χ0n) is 16.1. The highest BCUT2D eigenvalue weighted by Crippen LogP contribution is 2.49. The standard InChI is InChI=1S/C15H16F6N6O3S2/c1-8-7-26(32(29,30)10-6-23-11(22)31-10)2-3-27(8)12-24-4-9(5-25-12)13(28,14(16,17)18)15(19,20)21/h4-6,8,28H,2-3,7H2,1H3,(H2,22,23)/t8-/m0/s1. The van der Waals surface area contributed by atoms with Crippen molar-refractivity contribution in [2.75, 3.05) is 30.3 Å². The molecule has 0 unspecified atom stereocenters. The lowest BCUT2D eigenvalue weighted by molar-refractivity contribution is -0.376. The van der Waals surface area contributed by atoms with Crippen molar-refractivity contribution in [1.29, 1.82) is 0 Å². The summed E-state index contributed by atoms with van der Waals surface area (Å²) in [4.78, 5) is 12.2. The van der Waals surface area contributed by atoms with E-state index in [0.717, 1.165) is 21.8 Å². The van der Waals surface area contributed by atoms with Gasteiger partial charge in [-0.1, -0.05) is 11.3 Å². The van der Waals surface area contributed by atoms with E-state index in [0.29, 0.717) is 0 Å². The number of anilines is 2. The first-order chi connectivity index (χ1) is 14.6. The Labute approximate surface area is 181 Å². The maximum atomic E-state index is 13.0. The molecule has 0 aromatic carbocycles. The van der Waals surface area contributed by atoms with Gasteiger partial charge in [-0.25, -0.2) is 23.4 Å². The van der Waals surface area contributed by atoms with Gasteiger partial charge in [0.2, 0.25) is 5.95 Å². The second-order valence-corrected chi connectivity index (χ2v) is 10.1. The molecule has 9 nitrogen and oxygen atoms in total. The Morgan fingerprint density at radius 1 is 1.06 bits per heavy atom. The number of halogens is 6. The van der Waals surface area contributed by atoms with Gasteiger partial charge >= 0.3 is 12.4 Å². The van der Waals surface area contributed by atoms with Crippen LogP contribution >= 0.6 is 11.3 Å². The third-order valence-electron chi connectivity index (χ3n) is 4.82. The molecular weight excluding hydrogens is 490 g/mol. The number of sulfonamides is 1. The molecule has 0 spiro atoms. The molecule has 1 aliphatic rings. The van der Waals surface area contributed by atoms with Crippen LogP contribution < -0.4 is 10.6 Å². The number of aromatic nitrogens is 3. The Hall–Kier alpha value is -2.24. The van der Waals surface area contributed by atoms with Crippen molar-refractivity contribution in [2.45, 2.75) is 35.1 Å². The van der Waals surface area contributed by atoms with Crippen molar-refractivity contribution in [3.05, 3.63) is 24.2 Å². The lowest BCUT2D eigenvalue weighted by atomic mass is 9.95. The zero-order chi connectivity index (χ0) is 24.1. The highest BCUT2D eigenvalue weighted by Gasteiger charge is 2.71. The molecule has 0 saturated carbocycles. The van der Waals surface area contributed by atoms with E-state index < -0.39 is 39.6 Å². The topological polar surface area (TPSA) is 126 Å². The van der Waals surface area contributed by atoms with Gasteiger partial charge in [0.15, 0.2) is 9.34 Å². The Morgan fingerprint density at radius 2 is 1.62 bits per heavy atom. The van der Waals surface area contributed by atoms with E-state index in [9.17, 15) is 39.9 Å². The average Bonchev–Trinajstić information content (AvgIpc) is 3.13. The Bertz CT molecular complexity index is 1060. The fraction of sp³-hybridized carbons (Fsp3) is 0.533. The Kier molecular flexibility index (Phi) is 6.07. The zero-order valence-corrected chi connectivity index (χ0v) is 17.7. The molecule has 0 bridgehead atoms. The van der Waals surface area contributed by atoms with Crippen LogP contribution in [0.2, 0.25) is 0 Å². The number of thiazole rings is 1. The van der Waals surface area contributed by atoms with Crippen LogP contribution in [-0.4, -0.2) is 70.8 Å². The van der Waals surface area contributed by atoms with Crippen molar-refractivity contribution in [3.63, 3.8) is 0 Å². The minimum Gasteiger partial charge on any atom is -0.375 e. The van der Waals surface area contributed by atoms with E-state index >= 15 is 0 Å². The monoisotopic (exact) mass is 506 g/mol. The molecule has 0 amide bonds. The largest absolute Gasteiger partial charge is 0.430 e. The van der Waals surface area contributed by atoms with Crippen LogP contribution in [0.4, 0.5) is 37.4 Å². The molecule has 1 aliphatic heterocycles. The second-order valence-electron chi connectivity index (χ2n) is 6.90. The van der Waals surface area contributed by atoms with Crippen LogP contribution in [0, 0.1) is 0 Å². The number of hydrogen-bond acceptors (Lipinski definition) is 9. The average molecular weight is 506 g/mol. The van der Waals surface area contributed by atoms with Crippen molar-refractivity contribution in [1.82, 2.24) is 19.3 Å². The first kappa shape index (κ1) is 24.4. The maximum absolute atomic E-state index is 13.0. The van der Waals surface area contributed by atoms with E-state index in [1.54, 1.807) is 6.92 Å². The highest BCUT2D eigenvalue weighted by atomic mass is 32.2. The summed E-state index contributed by atoms with van der Waals surface area (Å²) in [7, 11) is -3.88. The number of aliphatic hydroxyl groups is 1. The number of alkyl halides is 6. The van der Waals surface area contributed by atoms with Crippen LogP contribution in [0.1, 0.15) is 12.5 Å². The van der Waals surface area contributed by atoms with Gasteiger partial charge in [0.05, 0.1) is 6.20 Å². The predicted octanol–water partition coefficient (Wildman–Crippen LogP) is 1.73. The van der Waals surface area contributed by atoms with Crippen molar-refractivity contribution in [2.24, 2.45) is 0 Å². The molecule has 1 fully saturated rings. The summed E-state index contributed by atoms with van der Waals surface area (Å²) in [5, 5.41) is 9.48.